The third kappa shape index (κ3) is 3.38. The summed E-state index contributed by atoms with van der Waals surface area (Å²) in [7, 11) is 0. The molecule has 0 N–H and O–H groups in total. The van der Waals surface area contributed by atoms with Crippen LogP contribution in [0, 0.1) is 0 Å². The summed E-state index contributed by atoms with van der Waals surface area (Å²) in [6, 6.07) is 0. The Morgan fingerprint density at radius 2 is 2.20 bits per heavy atom. The lowest BCUT2D eigenvalue weighted by Crippen LogP contribution is -2.02. The minimum atomic E-state index is 0.810. The van der Waals surface area contributed by atoms with Gasteiger partial charge in [0.1, 0.15) is 5.82 Å². The van der Waals surface area contributed by atoms with Gasteiger partial charge in [-0.1, -0.05) is 38.1 Å². The number of aromatic nitrogens is 3. The lowest BCUT2D eigenvalue weighted by Gasteiger charge is -2.05. The van der Waals surface area contributed by atoms with Crippen LogP contribution in [0.3, 0.4) is 0 Å². The van der Waals surface area contributed by atoms with E-state index < -0.39 is 0 Å². The number of thioether (sulfide) groups is 1. The van der Waals surface area contributed by atoms with Crippen molar-refractivity contribution in [1.29, 1.82) is 0 Å². The number of nitrogens with zero attached hydrogens (tertiary/aromatic N) is 3. The number of unbranched alkanes of at least 4 members (excludes halogenated alkanes) is 1. The molecule has 0 amide bonds. The Bertz CT molecular complexity index is 307. The van der Waals surface area contributed by atoms with Crippen LogP contribution in [0.1, 0.15) is 32.5 Å². The van der Waals surface area contributed by atoms with Crippen molar-refractivity contribution in [2.24, 2.45) is 0 Å². The van der Waals surface area contributed by atoms with Gasteiger partial charge in [0.15, 0.2) is 5.16 Å². The molecule has 15 heavy (non-hydrogen) atoms. The molecule has 0 bridgehead atoms. The third-order valence-electron chi connectivity index (χ3n) is 2.15. The Morgan fingerprint density at radius 3 is 2.80 bits per heavy atom. The summed E-state index contributed by atoms with van der Waals surface area (Å²) in [5.74, 6) is 2.17. The molecule has 0 atom stereocenters. The van der Waals surface area contributed by atoms with Crippen LogP contribution in [0.2, 0.25) is 0 Å². The largest absolute Gasteiger partial charge is 0.302 e. The summed E-state index contributed by atoms with van der Waals surface area (Å²) in [5.41, 5.74) is 0. The second kappa shape index (κ2) is 6.67. The average Bonchev–Trinajstić information content (AvgIpc) is 2.62. The Kier molecular flexibility index (Phi) is 5.47. The van der Waals surface area contributed by atoms with Crippen LogP contribution in [0.4, 0.5) is 0 Å². The molecule has 0 saturated carbocycles. The van der Waals surface area contributed by atoms with Gasteiger partial charge in [0.2, 0.25) is 0 Å². The molecule has 1 aromatic rings. The van der Waals surface area contributed by atoms with Gasteiger partial charge in [0, 0.05) is 18.7 Å². The Labute approximate surface area is 96.0 Å². The van der Waals surface area contributed by atoms with Crippen molar-refractivity contribution in [1.82, 2.24) is 14.8 Å². The van der Waals surface area contributed by atoms with Gasteiger partial charge in [-0.05, 0) is 6.42 Å². The first-order chi connectivity index (χ1) is 7.33. The number of allylic oxidation sites excluding steroid dienone is 1. The van der Waals surface area contributed by atoms with E-state index in [0.717, 1.165) is 29.7 Å². The summed E-state index contributed by atoms with van der Waals surface area (Å²) in [4.78, 5) is 0. The lowest BCUT2D eigenvalue weighted by atomic mass is 10.4. The molecule has 0 aliphatic carbocycles. The summed E-state index contributed by atoms with van der Waals surface area (Å²) in [6.07, 6.45) is 5.28. The Balaban J connectivity index is 2.68. The first-order valence-electron chi connectivity index (χ1n) is 5.49. The van der Waals surface area contributed by atoms with Crippen LogP contribution in [-0.4, -0.2) is 20.5 Å². The van der Waals surface area contributed by atoms with E-state index in [4.69, 9.17) is 0 Å². The van der Waals surface area contributed by atoms with E-state index in [1.165, 1.54) is 12.8 Å². The molecule has 4 heteroatoms. The van der Waals surface area contributed by atoms with Crippen molar-refractivity contribution in [3.8, 4) is 0 Å². The molecule has 1 heterocycles. The van der Waals surface area contributed by atoms with Gasteiger partial charge in [0.05, 0.1) is 0 Å². The van der Waals surface area contributed by atoms with Gasteiger partial charge >= 0.3 is 0 Å². The molecule has 0 aromatic carbocycles. The van der Waals surface area contributed by atoms with Gasteiger partial charge in [0.25, 0.3) is 0 Å². The highest BCUT2D eigenvalue weighted by Crippen LogP contribution is 2.18. The van der Waals surface area contributed by atoms with Gasteiger partial charge < -0.3 is 4.57 Å². The second-order valence-electron chi connectivity index (χ2n) is 3.35. The third-order valence-corrected chi connectivity index (χ3v) is 3.20. The predicted octanol–water partition coefficient (Wildman–Crippen LogP) is 2.92. The maximum atomic E-state index is 4.21. The van der Waals surface area contributed by atoms with Crippen molar-refractivity contribution >= 4 is 11.8 Å². The van der Waals surface area contributed by atoms with E-state index in [0.29, 0.717) is 0 Å². The molecule has 0 aliphatic rings. The number of hydrogen-bond donors (Lipinski definition) is 0. The standard InChI is InChI=1S/C11H19N3S/c1-4-7-9-15-11-13-12-10(6-3)14(11)8-5-2/h5H,2,4,6-9H2,1,3H3. The van der Waals surface area contributed by atoms with Gasteiger partial charge in [-0.25, -0.2) is 0 Å². The van der Waals surface area contributed by atoms with Crippen LogP contribution in [0.5, 0.6) is 0 Å². The van der Waals surface area contributed by atoms with Crippen LogP contribution in [0.15, 0.2) is 17.8 Å². The molecule has 0 spiro atoms. The second-order valence-corrected chi connectivity index (χ2v) is 4.42. The van der Waals surface area contributed by atoms with Crippen LogP contribution in [-0.2, 0) is 13.0 Å². The molecule has 0 unspecified atom stereocenters. The van der Waals surface area contributed by atoms with E-state index in [2.05, 4.69) is 35.2 Å². The zero-order chi connectivity index (χ0) is 11.1. The Morgan fingerprint density at radius 1 is 1.40 bits per heavy atom. The molecular formula is C11H19N3S. The van der Waals surface area contributed by atoms with Crippen molar-refractivity contribution in [2.45, 2.75) is 44.8 Å². The van der Waals surface area contributed by atoms with Crippen LogP contribution < -0.4 is 0 Å². The summed E-state index contributed by atoms with van der Waals surface area (Å²) >= 11 is 1.79. The normalized spacial score (nSPS) is 10.5. The fourth-order valence-corrected chi connectivity index (χ4v) is 2.36. The van der Waals surface area contributed by atoms with E-state index in [1.807, 2.05) is 6.08 Å². The summed E-state index contributed by atoms with van der Waals surface area (Å²) < 4.78 is 2.15. The summed E-state index contributed by atoms with van der Waals surface area (Å²) in [5, 5.41) is 9.41. The van der Waals surface area contributed by atoms with Crippen molar-refractivity contribution in [2.75, 3.05) is 5.75 Å². The van der Waals surface area contributed by atoms with Crippen molar-refractivity contribution in [3.05, 3.63) is 18.5 Å². The molecule has 0 aliphatic heterocycles. The van der Waals surface area contributed by atoms with E-state index in [9.17, 15) is 0 Å². The molecular weight excluding hydrogens is 206 g/mol. The first-order valence-corrected chi connectivity index (χ1v) is 6.47. The maximum absolute atomic E-state index is 4.21. The van der Waals surface area contributed by atoms with Crippen molar-refractivity contribution in [3.63, 3.8) is 0 Å². The Hall–Kier alpha value is -0.770. The monoisotopic (exact) mass is 225 g/mol. The molecule has 0 radical (unpaired) electrons. The number of aryl methyl sites for hydroxylation is 1. The number of rotatable bonds is 7. The fraction of sp³-hybridized carbons (Fsp3) is 0.636. The smallest absolute Gasteiger partial charge is 0.191 e. The van der Waals surface area contributed by atoms with Gasteiger partial charge in [-0.3, -0.25) is 0 Å². The highest BCUT2D eigenvalue weighted by atomic mass is 32.2. The van der Waals surface area contributed by atoms with Gasteiger partial charge in [-0.2, -0.15) is 0 Å². The minimum Gasteiger partial charge on any atom is -0.302 e. The molecule has 0 saturated heterocycles. The quantitative estimate of drug-likeness (QED) is 0.406. The zero-order valence-electron chi connectivity index (χ0n) is 9.57. The fourth-order valence-electron chi connectivity index (χ4n) is 1.31. The zero-order valence-corrected chi connectivity index (χ0v) is 10.4. The van der Waals surface area contributed by atoms with E-state index in [1.54, 1.807) is 11.8 Å². The average molecular weight is 225 g/mol. The number of hydrogen-bond acceptors (Lipinski definition) is 3. The predicted molar refractivity (Wildman–Crippen MR) is 65.2 cm³/mol. The van der Waals surface area contributed by atoms with Crippen LogP contribution >= 0.6 is 11.8 Å². The van der Waals surface area contributed by atoms with Crippen LogP contribution in [0.25, 0.3) is 0 Å². The topological polar surface area (TPSA) is 30.7 Å². The summed E-state index contributed by atoms with van der Waals surface area (Å²) in [6.45, 7) is 8.88. The van der Waals surface area contributed by atoms with Gasteiger partial charge in [-0.15, -0.1) is 16.8 Å². The lowest BCUT2D eigenvalue weighted by molar-refractivity contribution is 0.684. The maximum Gasteiger partial charge on any atom is 0.191 e. The SMILES string of the molecule is C=CCn1c(CC)nnc1SCCCC. The van der Waals surface area contributed by atoms with E-state index in [-0.39, 0.29) is 0 Å². The minimum absolute atomic E-state index is 0.810. The highest BCUT2D eigenvalue weighted by molar-refractivity contribution is 7.99. The highest BCUT2D eigenvalue weighted by Gasteiger charge is 2.08. The molecule has 1 aromatic heterocycles. The molecule has 3 nitrogen and oxygen atoms in total. The first kappa shape index (κ1) is 12.3. The van der Waals surface area contributed by atoms with E-state index >= 15 is 0 Å². The molecule has 0 fully saturated rings. The van der Waals surface area contributed by atoms with Crippen molar-refractivity contribution < 1.29 is 0 Å². The molecule has 84 valence electrons. The molecule has 1 rings (SSSR count).